The number of rotatable bonds is 12. The second-order valence-electron chi connectivity index (χ2n) is 8.46. The topological polar surface area (TPSA) is 82.2 Å². The molecule has 3 rings (SSSR count). The van der Waals surface area contributed by atoms with E-state index in [-0.39, 0.29) is 17.3 Å². The van der Waals surface area contributed by atoms with Gasteiger partial charge in [-0.05, 0) is 81.7 Å². The van der Waals surface area contributed by atoms with Crippen LogP contribution in [0.3, 0.4) is 0 Å². The molecule has 1 amide bonds. The number of sulfonamides is 1. The van der Waals surface area contributed by atoms with Crippen LogP contribution in [0.1, 0.15) is 13.3 Å². The molecule has 1 N–H and O–H groups in total. The number of piperazine rings is 1. The highest BCUT2D eigenvalue weighted by atomic mass is 32.2. The summed E-state index contributed by atoms with van der Waals surface area (Å²) >= 11 is 1.54. The first-order valence-corrected chi connectivity index (χ1v) is 14.6. The van der Waals surface area contributed by atoms with Crippen molar-refractivity contribution in [3.63, 3.8) is 0 Å². The van der Waals surface area contributed by atoms with Crippen LogP contribution >= 0.6 is 11.8 Å². The third-order valence-electron chi connectivity index (χ3n) is 5.94. The minimum absolute atomic E-state index is 0.145. The molecule has 0 radical (unpaired) electrons. The number of nitrogens with zero attached hydrogens (tertiary/aromatic N) is 3. The molecule has 1 aliphatic rings. The minimum atomic E-state index is -3.94. The Morgan fingerprint density at radius 1 is 1.06 bits per heavy atom. The number of carbonyl (C=O) groups is 1. The van der Waals surface area contributed by atoms with Crippen molar-refractivity contribution < 1.29 is 17.9 Å². The zero-order valence-electron chi connectivity index (χ0n) is 20.8. The Bertz CT molecular complexity index is 1040. The number of likely N-dealkylation sites (N-methyl/N-ethyl adjacent to an activating group) is 1. The average molecular weight is 521 g/mol. The number of ether oxygens (including phenoxy) is 1. The van der Waals surface area contributed by atoms with Crippen LogP contribution in [0.5, 0.6) is 5.75 Å². The second-order valence-corrected chi connectivity index (χ2v) is 11.2. The van der Waals surface area contributed by atoms with Crippen LogP contribution in [-0.4, -0.2) is 89.8 Å². The van der Waals surface area contributed by atoms with E-state index in [2.05, 4.69) is 22.2 Å². The van der Waals surface area contributed by atoms with Crippen LogP contribution in [0.4, 0.5) is 5.69 Å². The van der Waals surface area contributed by atoms with E-state index in [1.54, 1.807) is 48.5 Å². The lowest BCUT2D eigenvalue weighted by Gasteiger charge is -2.32. The van der Waals surface area contributed by atoms with Gasteiger partial charge in [0.05, 0.1) is 17.2 Å². The van der Waals surface area contributed by atoms with E-state index in [1.165, 1.54) is 11.8 Å². The average Bonchev–Trinajstić information content (AvgIpc) is 2.87. The number of benzene rings is 2. The molecule has 192 valence electrons. The maximum atomic E-state index is 13.5. The molecular weight excluding hydrogens is 484 g/mol. The van der Waals surface area contributed by atoms with Crippen LogP contribution in [0.15, 0.2) is 58.3 Å². The normalized spacial score (nSPS) is 15.1. The van der Waals surface area contributed by atoms with Crippen molar-refractivity contribution in [2.24, 2.45) is 0 Å². The molecule has 35 heavy (non-hydrogen) atoms. The first-order valence-electron chi connectivity index (χ1n) is 11.9. The largest absolute Gasteiger partial charge is 0.494 e. The summed E-state index contributed by atoms with van der Waals surface area (Å²) in [4.78, 5) is 18.6. The Balaban J connectivity index is 1.68. The van der Waals surface area contributed by atoms with Gasteiger partial charge in [-0.1, -0.05) is 0 Å². The molecule has 0 bridgehead atoms. The predicted molar refractivity (Wildman–Crippen MR) is 142 cm³/mol. The van der Waals surface area contributed by atoms with Gasteiger partial charge in [0.25, 0.3) is 10.0 Å². The fraction of sp³-hybridized carbons (Fsp3) is 0.480. The number of nitrogens with one attached hydrogen (secondary N) is 1. The third kappa shape index (κ3) is 7.86. The summed E-state index contributed by atoms with van der Waals surface area (Å²) in [5.41, 5.74) is 0.412. The minimum Gasteiger partial charge on any atom is -0.494 e. The summed E-state index contributed by atoms with van der Waals surface area (Å²) in [6.45, 7) is 7.69. The van der Waals surface area contributed by atoms with Gasteiger partial charge in [0.1, 0.15) is 12.3 Å². The van der Waals surface area contributed by atoms with Crippen molar-refractivity contribution in [3.05, 3.63) is 48.5 Å². The number of amides is 1. The van der Waals surface area contributed by atoms with Crippen molar-refractivity contribution in [2.45, 2.75) is 23.1 Å². The molecule has 0 spiro atoms. The maximum absolute atomic E-state index is 13.5. The van der Waals surface area contributed by atoms with Gasteiger partial charge >= 0.3 is 0 Å². The first kappa shape index (κ1) is 27.3. The van der Waals surface area contributed by atoms with Crippen molar-refractivity contribution in [3.8, 4) is 5.75 Å². The van der Waals surface area contributed by atoms with Crippen LogP contribution < -0.4 is 14.4 Å². The van der Waals surface area contributed by atoms with E-state index in [4.69, 9.17) is 4.74 Å². The summed E-state index contributed by atoms with van der Waals surface area (Å²) in [6.07, 6.45) is 2.76. The van der Waals surface area contributed by atoms with Gasteiger partial charge in [-0.2, -0.15) is 0 Å². The quantitative estimate of drug-likeness (QED) is 0.340. The zero-order valence-corrected chi connectivity index (χ0v) is 22.4. The molecule has 2 aromatic carbocycles. The molecular formula is C25H36N4O4S2. The Kier molecular flexibility index (Phi) is 10.3. The lowest BCUT2D eigenvalue weighted by molar-refractivity contribution is -0.119. The monoisotopic (exact) mass is 520 g/mol. The molecule has 1 heterocycles. The number of hydrogen-bond donors (Lipinski definition) is 1. The lowest BCUT2D eigenvalue weighted by atomic mass is 10.3. The van der Waals surface area contributed by atoms with E-state index < -0.39 is 10.0 Å². The van der Waals surface area contributed by atoms with Gasteiger partial charge in [-0.25, -0.2) is 8.42 Å². The Morgan fingerprint density at radius 2 is 1.71 bits per heavy atom. The van der Waals surface area contributed by atoms with Crippen molar-refractivity contribution in [1.82, 2.24) is 15.1 Å². The smallest absolute Gasteiger partial charge is 0.264 e. The summed E-state index contributed by atoms with van der Waals surface area (Å²) in [5, 5.41) is 2.89. The van der Waals surface area contributed by atoms with E-state index in [0.717, 1.165) is 48.3 Å². The molecule has 1 fully saturated rings. The second kappa shape index (κ2) is 13.2. The Morgan fingerprint density at radius 3 is 2.31 bits per heavy atom. The third-order valence-corrected chi connectivity index (χ3v) is 8.47. The predicted octanol–water partition coefficient (Wildman–Crippen LogP) is 2.76. The lowest BCUT2D eigenvalue weighted by Crippen LogP contribution is -2.45. The first-order chi connectivity index (χ1) is 16.8. The standard InChI is InChI=1S/C25H36N4O4S2/c1-4-33-22-8-6-21(7-9-22)29(35(31,32)24-12-10-23(34-3)11-13-24)20-25(30)26-14-5-15-28-18-16-27(2)17-19-28/h6-13H,4-5,14-20H2,1-3H3,(H,26,30). The van der Waals surface area contributed by atoms with E-state index in [9.17, 15) is 13.2 Å². The van der Waals surface area contributed by atoms with Gasteiger partial charge in [0.2, 0.25) is 5.91 Å². The molecule has 2 aromatic rings. The van der Waals surface area contributed by atoms with Gasteiger partial charge in [-0.3, -0.25) is 9.10 Å². The van der Waals surface area contributed by atoms with Crippen LogP contribution in [0.25, 0.3) is 0 Å². The number of thioether (sulfide) groups is 1. The fourth-order valence-corrected chi connectivity index (χ4v) is 5.68. The molecule has 8 nitrogen and oxygen atoms in total. The molecule has 0 aliphatic carbocycles. The summed E-state index contributed by atoms with van der Waals surface area (Å²) < 4.78 is 33.7. The number of anilines is 1. The molecule has 0 saturated carbocycles. The van der Waals surface area contributed by atoms with E-state index in [0.29, 0.717) is 24.6 Å². The van der Waals surface area contributed by atoms with Gasteiger partial charge in [0, 0.05) is 37.6 Å². The van der Waals surface area contributed by atoms with Gasteiger partial charge < -0.3 is 19.9 Å². The van der Waals surface area contributed by atoms with Crippen molar-refractivity contribution in [2.75, 3.05) is 70.0 Å². The summed E-state index contributed by atoms with van der Waals surface area (Å²) in [6, 6.07) is 13.5. The van der Waals surface area contributed by atoms with Gasteiger partial charge in [-0.15, -0.1) is 11.8 Å². The van der Waals surface area contributed by atoms with Crippen LogP contribution in [0.2, 0.25) is 0 Å². The summed E-state index contributed by atoms with van der Waals surface area (Å²) in [7, 11) is -1.82. The Labute approximate surface area is 213 Å². The highest BCUT2D eigenvalue weighted by Gasteiger charge is 2.27. The molecule has 1 aliphatic heterocycles. The van der Waals surface area contributed by atoms with Crippen LogP contribution in [-0.2, 0) is 14.8 Å². The fourth-order valence-electron chi connectivity index (χ4n) is 3.85. The van der Waals surface area contributed by atoms with Gasteiger partial charge in [0.15, 0.2) is 0 Å². The Hall–Kier alpha value is -2.27. The number of carbonyl (C=O) groups excluding carboxylic acids is 1. The highest BCUT2D eigenvalue weighted by molar-refractivity contribution is 7.98. The molecule has 0 atom stereocenters. The van der Waals surface area contributed by atoms with Crippen molar-refractivity contribution >= 4 is 33.4 Å². The number of hydrogen-bond acceptors (Lipinski definition) is 7. The molecule has 0 unspecified atom stereocenters. The highest BCUT2D eigenvalue weighted by Crippen LogP contribution is 2.27. The molecule has 1 saturated heterocycles. The van der Waals surface area contributed by atoms with E-state index in [1.807, 2.05) is 13.2 Å². The zero-order chi connectivity index (χ0) is 25.3. The molecule has 0 aromatic heterocycles. The molecule has 10 heteroatoms. The van der Waals surface area contributed by atoms with E-state index >= 15 is 0 Å². The van der Waals surface area contributed by atoms with Crippen molar-refractivity contribution in [1.29, 1.82) is 0 Å². The van der Waals surface area contributed by atoms with Crippen LogP contribution in [0, 0.1) is 0 Å². The summed E-state index contributed by atoms with van der Waals surface area (Å²) in [5.74, 6) is 0.313. The SMILES string of the molecule is CCOc1ccc(N(CC(=O)NCCCN2CCN(C)CC2)S(=O)(=O)c2ccc(SC)cc2)cc1. The maximum Gasteiger partial charge on any atom is 0.264 e.